The van der Waals surface area contributed by atoms with Crippen LogP contribution in [0.1, 0.15) is 26.2 Å². The molecule has 0 amide bonds. The molecule has 0 heterocycles. The molecule has 3 nitrogen and oxygen atoms in total. The van der Waals surface area contributed by atoms with Gasteiger partial charge in [-0.2, -0.15) is 0 Å². The normalized spacial score (nSPS) is 11.1. The molecule has 0 saturated carbocycles. The molecule has 0 radical (unpaired) electrons. The highest BCUT2D eigenvalue weighted by Gasteiger charge is 2.07. The van der Waals surface area contributed by atoms with Crippen LogP contribution in [-0.4, -0.2) is 36.6 Å². The van der Waals surface area contributed by atoms with E-state index in [2.05, 4.69) is 12.2 Å². The van der Waals surface area contributed by atoms with Crippen molar-refractivity contribution in [1.29, 1.82) is 0 Å². The van der Waals surface area contributed by atoms with Crippen LogP contribution in [0.4, 0.5) is 0 Å². The Morgan fingerprint density at radius 3 is 2.31 bits per heavy atom. The fraction of sp³-hybridized carbons (Fsp3) is 1.00. The molecule has 0 spiro atoms. The van der Waals surface area contributed by atoms with Gasteiger partial charge in [0.25, 0.3) is 0 Å². The first-order valence-electron chi connectivity index (χ1n) is 5.11. The molecule has 0 bridgehead atoms. The largest absolute Gasteiger partial charge is 0.400 e. The first-order valence-corrected chi connectivity index (χ1v) is 6.87. The van der Waals surface area contributed by atoms with Gasteiger partial charge in [0.15, 0.2) is 0 Å². The molecule has 0 aromatic heterocycles. The van der Waals surface area contributed by atoms with Crippen LogP contribution in [0.25, 0.3) is 0 Å². The molecule has 1 N–H and O–H groups in total. The maximum Gasteiger partial charge on any atom is 0.320 e. The highest BCUT2D eigenvalue weighted by Crippen LogP contribution is 2.01. The molecular weight excluding hydrogens is 182 g/mol. The molecule has 0 aliphatic heterocycles. The van der Waals surface area contributed by atoms with Crippen molar-refractivity contribution in [2.75, 3.05) is 27.3 Å². The van der Waals surface area contributed by atoms with E-state index in [4.69, 9.17) is 8.85 Å². The number of nitrogens with one attached hydrogen (secondary N) is 1. The van der Waals surface area contributed by atoms with Crippen molar-refractivity contribution >= 4 is 9.28 Å². The Bertz CT molecular complexity index is 99.6. The quantitative estimate of drug-likeness (QED) is 0.454. The summed E-state index contributed by atoms with van der Waals surface area (Å²) >= 11 is 0. The maximum absolute atomic E-state index is 5.22. The van der Waals surface area contributed by atoms with E-state index in [1.807, 2.05) is 0 Å². The molecule has 0 fully saturated rings. The summed E-state index contributed by atoms with van der Waals surface area (Å²) < 4.78 is 10.4. The summed E-state index contributed by atoms with van der Waals surface area (Å²) in [5.74, 6) is 0. The molecule has 13 heavy (non-hydrogen) atoms. The van der Waals surface area contributed by atoms with Gasteiger partial charge in [-0.25, -0.2) is 0 Å². The molecule has 4 heteroatoms. The topological polar surface area (TPSA) is 30.5 Å². The maximum atomic E-state index is 5.22. The zero-order chi connectivity index (χ0) is 9.94. The zero-order valence-electron chi connectivity index (χ0n) is 9.14. The monoisotopic (exact) mass is 205 g/mol. The van der Waals surface area contributed by atoms with E-state index in [1.54, 1.807) is 14.2 Å². The van der Waals surface area contributed by atoms with E-state index in [-0.39, 0.29) is 0 Å². The van der Waals surface area contributed by atoms with E-state index in [0.717, 1.165) is 19.1 Å². The molecule has 80 valence electrons. The Morgan fingerprint density at radius 1 is 1.08 bits per heavy atom. The van der Waals surface area contributed by atoms with Crippen LogP contribution in [-0.2, 0) is 8.85 Å². The number of hydrogen-bond donors (Lipinski definition) is 1. The molecule has 0 aromatic rings. The van der Waals surface area contributed by atoms with Gasteiger partial charge in [0.1, 0.15) is 0 Å². The average Bonchev–Trinajstić information content (AvgIpc) is 2.17. The Hall–Kier alpha value is 0.0969. The Balaban J connectivity index is 3.05. The van der Waals surface area contributed by atoms with Gasteiger partial charge in [-0.05, 0) is 32.0 Å². The summed E-state index contributed by atoms with van der Waals surface area (Å²) in [6, 6.07) is 1.13. The summed E-state index contributed by atoms with van der Waals surface area (Å²) in [6.07, 6.45) is 3.67. The second-order valence-corrected chi connectivity index (χ2v) is 5.53. The third kappa shape index (κ3) is 8.43. The lowest BCUT2D eigenvalue weighted by Gasteiger charge is -2.10. The van der Waals surface area contributed by atoms with Crippen LogP contribution in [0.3, 0.4) is 0 Å². The SMILES string of the molecule is CCCNCCCC[SiH](OC)OC. The summed E-state index contributed by atoms with van der Waals surface area (Å²) in [7, 11) is 2.21. The summed E-state index contributed by atoms with van der Waals surface area (Å²) in [4.78, 5) is 0. The third-order valence-electron chi connectivity index (χ3n) is 2.00. The van der Waals surface area contributed by atoms with E-state index in [1.165, 1.54) is 19.3 Å². The van der Waals surface area contributed by atoms with Crippen LogP contribution >= 0.6 is 0 Å². The third-order valence-corrected chi connectivity index (χ3v) is 3.93. The van der Waals surface area contributed by atoms with Gasteiger partial charge in [-0.1, -0.05) is 13.3 Å². The van der Waals surface area contributed by atoms with E-state index in [0.29, 0.717) is 0 Å². The predicted molar refractivity (Wildman–Crippen MR) is 58.4 cm³/mol. The van der Waals surface area contributed by atoms with Crippen molar-refractivity contribution in [2.24, 2.45) is 0 Å². The Morgan fingerprint density at radius 2 is 1.77 bits per heavy atom. The smallest absolute Gasteiger partial charge is 0.320 e. The second-order valence-electron chi connectivity index (χ2n) is 3.15. The first kappa shape index (κ1) is 13.1. The minimum atomic E-state index is -1.28. The van der Waals surface area contributed by atoms with Gasteiger partial charge in [0.05, 0.1) is 0 Å². The number of hydrogen-bond acceptors (Lipinski definition) is 3. The summed E-state index contributed by atoms with van der Waals surface area (Å²) in [5.41, 5.74) is 0. The summed E-state index contributed by atoms with van der Waals surface area (Å²) in [6.45, 7) is 4.45. The van der Waals surface area contributed by atoms with Crippen LogP contribution < -0.4 is 5.32 Å². The minimum Gasteiger partial charge on any atom is -0.400 e. The van der Waals surface area contributed by atoms with Crippen LogP contribution in [0, 0.1) is 0 Å². The molecule has 0 aromatic carbocycles. The predicted octanol–water partition coefficient (Wildman–Crippen LogP) is 1.28. The molecule has 0 unspecified atom stereocenters. The highest BCUT2D eigenvalue weighted by atomic mass is 28.3. The van der Waals surface area contributed by atoms with Crippen molar-refractivity contribution in [3.05, 3.63) is 0 Å². The zero-order valence-corrected chi connectivity index (χ0v) is 10.3. The summed E-state index contributed by atoms with van der Waals surface area (Å²) in [5, 5.41) is 3.38. The van der Waals surface area contributed by atoms with Crippen molar-refractivity contribution in [1.82, 2.24) is 5.32 Å². The van der Waals surface area contributed by atoms with Gasteiger partial charge >= 0.3 is 9.28 Å². The van der Waals surface area contributed by atoms with Crippen LogP contribution in [0.5, 0.6) is 0 Å². The van der Waals surface area contributed by atoms with Gasteiger partial charge < -0.3 is 14.2 Å². The fourth-order valence-corrected chi connectivity index (χ4v) is 2.48. The minimum absolute atomic E-state index is 1.13. The Labute approximate surface area is 83.7 Å². The van der Waals surface area contributed by atoms with Crippen LogP contribution in [0.15, 0.2) is 0 Å². The number of unbranched alkanes of at least 4 members (excludes halogenated alkanes) is 1. The standard InChI is InChI=1S/C9H23NO2Si/c1-4-7-10-8-5-6-9-13(11-2)12-3/h10,13H,4-9H2,1-3H3. The van der Waals surface area contributed by atoms with Gasteiger partial charge in [0.2, 0.25) is 0 Å². The lowest BCUT2D eigenvalue weighted by molar-refractivity contribution is 0.276. The Kier molecular flexibility index (Phi) is 10.3. The van der Waals surface area contributed by atoms with E-state index >= 15 is 0 Å². The van der Waals surface area contributed by atoms with Crippen LogP contribution in [0.2, 0.25) is 6.04 Å². The lowest BCUT2D eigenvalue weighted by Crippen LogP contribution is -2.20. The van der Waals surface area contributed by atoms with E-state index in [9.17, 15) is 0 Å². The van der Waals surface area contributed by atoms with Gasteiger partial charge in [0, 0.05) is 14.2 Å². The second kappa shape index (κ2) is 10.2. The molecular formula is C9H23NO2Si. The lowest BCUT2D eigenvalue weighted by atomic mass is 10.3. The van der Waals surface area contributed by atoms with Crippen molar-refractivity contribution < 1.29 is 8.85 Å². The van der Waals surface area contributed by atoms with Crippen molar-refractivity contribution in [3.8, 4) is 0 Å². The van der Waals surface area contributed by atoms with E-state index < -0.39 is 9.28 Å². The molecule has 0 aliphatic carbocycles. The van der Waals surface area contributed by atoms with Gasteiger partial charge in [-0.15, -0.1) is 0 Å². The average molecular weight is 205 g/mol. The van der Waals surface area contributed by atoms with Crippen molar-refractivity contribution in [3.63, 3.8) is 0 Å². The van der Waals surface area contributed by atoms with Crippen molar-refractivity contribution in [2.45, 2.75) is 32.2 Å². The van der Waals surface area contributed by atoms with Gasteiger partial charge in [-0.3, -0.25) is 0 Å². The molecule has 0 rings (SSSR count). The highest BCUT2D eigenvalue weighted by molar-refractivity contribution is 6.44. The first-order chi connectivity index (χ1) is 6.35. The molecule has 0 aliphatic rings. The number of rotatable bonds is 9. The fourth-order valence-electron chi connectivity index (χ4n) is 1.19. The molecule has 0 saturated heterocycles. The molecule has 0 atom stereocenters.